The van der Waals surface area contributed by atoms with Crippen molar-refractivity contribution in [2.75, 3.05) is 31.2 Å². The summed E-state index contributed by atoms with van der Waals surface area (Å²) >= 11 is 1.57. The fourth-order valence-electron chi connectivity index (χ4n) is 6.89. The molecule has 2 fully saturated rings. The van der Waals surface area contributed by atoms with E-state index in [1.807, 2.05) is 83.2 Å². The molecule has 1 aromatic rings. The molecule has 216 valence electrons. The Balaban J connectivity index is 1.58. The molecule has 1 aromatic carbocycles. The predicted octanol–water partition coefficient (Wildman–Crippen LogP) is 3.50. The minimum absolute atomic E-state index is 0.0467. The summed E-state index contributed by atoms with van der Waals surface area (Å²) in [6.45, 7) is 11.2. The number of thioether (sulfide) groups is 1. The Labute approximate surface area is 241 Å². The largest absolute Gasteiger partial charge is 0.494 e. The number of carbonyl (C=O) groups excluding carboxylic acids is 3. The molecule has 0 saturated carbocycles. The first-order chi connectivity index (χ1) is 19.1. The van der Waals surface area contributed by atoms with Crippen LogP contribution in [0.25, 0.3) is 0 Å². The van der Waals surface area contributed by atoms with Crippen LogP contribution in [0.5, 0.6) is 5.75 Å². The lowest BCUT2D eigenvalue weighted by atomic mass is 9.78. The van der Waals surface area contributed by atoms with Crippen LogP contribution in [0.3, 0.4) is 0 Å². The van der Waals surface area contributed by atoms with Gasteiger partial charge in [0.1, 0.15) is 11.8 Å². The molecule has 5 rings (SSSR count). The number of nitrogens with zero attached hydrogens (tertiary/aromatic N) is 3. The Bertz CT molecular complexity index is 1200. The van der Waals surface area contributed by atoms with Gasteiger partial charge in [-0.15, -0.1) is 11.8 Å². The molecular weight excluding hydrogens is 526 g/mol. The minimum Gasteiger partial charge on any atom is -0.494 e. The summed E-state index contributed by atoms with van der Waals surface area (Å²) in [7, 11) is 0. The average Bonchev–Trinajstić information content (AvgIpc) is 3.23. The van der Waals surface area contributed by atoms with Gasteiger partial charge in [0.2, 0.25) is 17.7 Å². The van der Waals surface area contributed by atoms with Crippen molar-refractivity contribution in [2.24, 2.45) is 17.8 Å². The predicted molar refractivity (Wildman–Crippen MR) is 157 cm³/mol. The number of aliphatic hydroxyl groups excluding tert-OH is 1. The van der Waals surface area contributed by atoms with Crippen molar-refractivity contribution in [3.63, 3.8) is 0 Å². The highest BCUT2D eigenvalue weighted by Crippen LogP contribution is 2.61. The van der Waals surface area contributed by atoms with E-state index >= 15 is 0 Å². The molecule has 1 unspecified atom stereocenters. The second kappa shape index (κ2) is 11.2. The molecule has 1 N–H and O–H groups in total. The summed E-state index contributed by atoms with van der Waals surface area (Å²) in [5, 5.41) is 10.2. The molecule has 3 amide bonds. The first-order valence-electron chi connectivity index (χ1n) is 14.4. The van der Waals surface area contributed by atoms with Crippen LogP contribution < -0.4 is 9.64 Å². The molecule has 4 aliphatic rings. The van der Waals surface area contributed by atoms with Crippen LogP contribution in [-0.2, 0) is 14.4 Å². The Kier molecular flexibility index (Phi) is 8.08. The maximum absolute atomic E-state index is 14.5. The standard InChI is InChI=1S/C31H41N3O5S/c1-6-39-23-12-10-21(11-13-23)33-15-7-9-24-25(28(33)36)26-29(37)34(22(18-35)17-19(2)3)27-30(38)32(20(4)5)16-8-14-31(26,27)40-24/h7-14,19-20,22,24-27,35H,6,15-18H2,1-5H3/t22-,24+,25-,26+,27?,31+/m1/s1. The molecule has 9 heteroatoms. The van der Waals surface area contributed by atoms with Crippen molar-refractivity contribution >= 4 is 35.2 Å². The molecule has 2 saturated heterocycles. The van der Waals surface area contributed by atoms with Crippen LogP contribution in [0.1, 0.15) is 41.0 Å². The van der Waals surface area contributed by atoms with Crippen LogP contribution in [-0.4, -0.2) is 87.1 Å². The normalized spacial score (nSPS) is 30.5. The Hall–Kier alpha value is -2.78. The molecule has 0 aliphatic carbocycles. The van der Waals surface area contributed by atoms with Gasteiger partial charge < -0.3 is 24.5 Å². The zero-order valence-corrected chi connectivity index (χ0v) is 24.8. The third-order valence-corrected chi connectivity index (χ3v) is 10.3. The average molecular weight is 568 g/mol. The van der Waals surface area contributed by atoms with Gasteiger partial charge in [-0.05, 0) is 57.4 Å². The zero-order valence-electron chi connectivity index (χ0n) is 24.0. The van der Waals surface area contributed by atoms with Gasteiger partial charge in [-0.1, -0.05) is 38.2 Å². The van der Waals surface area contributed by atoms with E-state index in [1.165, 1.54) is 0 Å². The molecule has 0 bridgehead atoms. The number of carbonyl (C=O) groups is 3. The van der Waals surface area contributed by atoms with Gasteiger partial charge in [0.25, 0.3) is 0 Å². The zero-order chi connectivity index (χ0) is 28.8. The van der Waals surface area contributed by atoms with Crippen LogP contribution >= 0.6 is 11.8 Å². The molecule has 1 spiro atoms. The Morgan fingerprint density at radius 1 is 1.02 bits per heavy atom. The van der Waals surface area contributed by atoms with Gasteiger partial charge in [-0.2, -0.15) is 0 Å². The molecular formula is C31H41N3O5S. The van der Waals surface area contributed by atoms with Gasteiger partial charge in [-0.25, -0.2) is 0 Å². The van der Waals surface area contributed by atoms with E-state index < -0.39 is 28.7 Å². The number of fused-ring (bicyclic) bond motifs is 2. The van der Waals surface area contributed by atoms with Crippen molar-refractivity contribution in [3.05, 3.63) is 48.6 Å². The number of aliphatic hydroxyl groups is 1. The van der Waals surface area contributed by atoms with Crippen LogP contribution in [0.15, 0.2) is 48.6 Å². The van der Waals surface area contributed by atoms with Crippen molar-refractivity contribution < 1.29 is 24.2 Å². The fraction of sp³-hybridized carbons (Fsp3) is 0.581. The quantitative estimate of drug-likeness (QED) is 0.484. The SMILES string of the molecule is CCOc1ccc(N2CC=C[C@@H]3S[C@]45C=CCN(C(C)C)C(=O)C4N([C@@H](CO)CC(C)C)C(=O)[C@@H]5[C@@H]3C2=O)cc1. The van der Waals surface area contributed by atoms with E-state index in [9.17, 15) is 19.5 Å². The van der Waals surface area contributed by atoms with E-state index in [-0.39, 0.29) is 41.5 Å². The lowest BCUT2D eigenvalue weighted by Crippen LogP contribution is -2.57. The Morgan fingerprint density at radius 2 is 1.75 bits per heavy atom. The lowest BCUT2D eigenvalue weighted by Gasteiger charge is -2.39. The number of rotatable bonds is 8. The lowest BCUT2D eigenvalue weighted by molar-refractivity contribution is -0.146. The number of amides is 3. The van der Waals surface area contributed by atoms with E-state index in [2.05, 4.69) is 0 Å². The number of hydrogen-bond acceptors (Lipinski definition) is 6. The monoisotopic (exact) mass is 567 g/mol. The summed E-state index contributed by atoms with van der Waals surface area (Å²) in [4.78, 5) is 48.4. The molecule has 6 atom stereocenters. The van der Waals surface area contributed by atoms with Crippen LogP contribution in [0, 0.1) is 17.8 Å². The van der Waals surface area contributed by atoms with Gasteiger partial charge in [0.05, 0.1) is 35.8 Å². The maximum Gasteiger partial charge on any atom is 0.247 e. The third kappa shape index (κ3) is 4.65. The number of anilines is 1. The van der Waals surface area contributed by atoms with Gasteiger partial charge >= 0.3 is 0 Å². The van der Waals surface area contributed by atoms with E-state index in [0.717, 1.165) is 11.4 Å². The van der Waals surface area contributed by atoms with Crippen LogP contribution in [0.2, 0.25) is 0 Å². The molecule has 40 heavy (non-hydrogen) atoms. The van der Waals surface area contributed by atoms with E-state index in [0.29, 0.717) is 26.1 Å². The number of likely N-dealkylation sites (tertiary alicyclic amines) is 1. The summed E-state index contributed by atoms with van der Waals surface area (Å²) < 4.78 is 4.69. The Morgan fingerprint density at radius 3 is 2.38 bits per heavy atom. The molecule has 8 nitrogen and oxygen atoms in total. The van der Waals surface area contributed by atoms with Gasteiger partial charge in [0.15, 0.2) is 0 Å². The van der Waals surface area contributed by atoms with Crippen molar-refractivity contribution in [2.45, 2.75) is 69.2 Å². The van der Waals surface area contributed by atoms with Crippen molar-refractivity contribution in [1.29, 1.82) is 0 Å². The van der Waals surface area contributed by atoms with E-state index in [1.54, 1.807) is 26.5 Å². The second-order valence-electron chi connectivity index (χ2n) is 11.8. The second-order valence-corrected chi connectivity index (χ2v) is 13.3. The van der Waals surface area contributed by atoms with Gasteiger partial charge in [0, 0.05) is 30.1 Å². The first kappa shape index (κ1) is 28.7. The third-order valence-electron chi connectivity index (χ3n) is 8.56. The molecule has 0 radical (unpaired) electrons. The smallest absolute Gasteiger partial charge is 0.247 e. The number of benzene rings is 1. The molecule has 4 aliphatic heterocycles. The number of ether oxygens (including phenoxy) is 1. The minimum atomic E-state index is -0.890. The van der Waals surface area contributed by atoms with Crippen molar-refractivity contribution in [3.8, 4) is 5.75 Å². The van der Waals surface area contributed by atoms with Gasteiger partial charge in [-0.3, -0.25) is 14.4 Å². The van der Waals surface area contributed by atoms with Crippen LogP contribution in [0.4, 0.5) is 5.69 Å². The maximum atomic E-state index is 14.5. The highest BCUT2D eigenvalue weighted by atomic mass is 32.2. The molecule has 0 aromatic heterocycles. The first-order valence-corrected chi connectivity index (χ1v) is 15.3. The highest BCUT2D eigenvalue weighted by Gasteiger charge is 2.71. The van der Waals surface area contributed by atoms with Crippen molar-refractivity contribution in [1.82, 2.24) is 9.80 Å². The fourth-order valence-corrected chi connectivity index (χ4v) is 8.89. The summed E-state index contributed by atoms with van der Waals surface area (Å²) in [6, 6.07) is 6.14. The highest BCUT2D eigenvalue weighted by molar-refractivity contribution is 8.02. The summed E-state index contributed by atoms with van der Waals surface area (Å²) in [5.41, 5.74) is 0.745. The molecule has 4 heterocycles. The number of hydrogen-bond donors (Lipinski definition) is 1. The summed E-state index contributed by atoms with van der Waals surface area (Å²) in [5.74, 6) is -0.808. The topological polar surface area (TPSA) is 90.4 Å². The summed E-state index contributed by atoms with van der Waals surface area (Å²) in [6.07, 6.45) is 8.65. The van der Waals surface area contributed by atoms with E-state index in [4.69, 9.17) is 4.74 Å².